The first-order valence-electron chi connectivity index (χ1n) is 7.59. The number of benzene rings is 2. The molecular weight excluding hydrogens is 331 g/mol. The molecule has 0 radical (unpaired) electrons. The lowest BCUT2D eigenvalue weighted by atomic mass is 10.1. The molecule has 0 heterocycles. The predicted molar refractivity (Wildman–Crippen MR) is 94.7 cm³/mol. The Kier molecular flexibility index (Phi) is 6.46. The second kappa shape index (κ2) is 8.34. The number of carbonyl (C=O) groups is 1. The molecule has 0 fully saturated rings. The van der Waals surface area contributed by atoms with Gasteiger partial charge >= 0.3 is 0 Å². The van der Waals surface area contributed by atoms with Gasteiger partial charge in [-0.05, 0) is 43.7 Å². The summed E-state index contributed by atoms with van der Waals surface area (Å²) >= 11 is 11.8. The van der Waals surface area contributed by atoms with Gasteiger partial charge in [-0.15, -0.1) is 0 Å². The Morgan fingerprint density at radius 1 is 0.957 bits per heavy atom. The molecule has 0 spiro atoms. The van der Waals surface area contributed by atoms with Crippen LogP contribution in [0.3, 0.4) is 0 Å². The molecule has 2 atom stereocenters. The van der Waals surface area contributed by atoms with E-state index in [1.807, 2.05) is 60.8 Å². The fourth-order valence-corrected chi connectivity index (χ4v) is 2.57. The van der Waals surface area contributed by atoms with Crippen molar-refractivity contribution in [1.29, 1.82) is 0 Å². The molecular formula is C18H21Cl2N2O+. The molecule has 23 heavy (non-hydrogen) atoms. The van der Waals surface area contributed by atoms with Gasteiger partial charge in [-0.3, -0.25) is 4.79 Å². The lowest BCUT2D eigenvalue weighted by Crippen LogP contribution is -2.87. The highest BCUT2D eigenvalue weighted by Crippen LogP contribution is 2.16. The number of halogens is 2. The van der Waals surface area contributed by atoms with Crippen molar-refractivity contribution in [1.82, 2.24) is 5.32 Å². The van der Waals surface area contributed by atoms with Gasteiger partial charge in [0.1, 0.15) is 6.04 Å². The second-order valence-corrected chi connectivity index (χ2v) is 6.49. The van der Waals surface area contributed by atoms with Crippen LogP contribution < -0.4 is 10.6 Å². The molecule has 2 aromatic rings. The van der Waals surface area contributed by atoms with Gasteiger partial charge in [0, 0.05) is 15.6 Å². The van der Waals surface area contributed by atoms with Crippen molar-refractivity contribution in [3.63, 3.8) is 0 Å². The van der Waals surface area contributed by atoms with Crippen molar-refractivity contribution >= 4 is 29.1 Å². The van der Waals surface area contributed by atoms with Crippen LogP contribution >= 0.6 is 23.2 Å². The van der Waals surface area contributed by atoms with E-state index >= 15 is 0 Å². The summed E-state index contributed by atoms with van der Waals surface area (Å²) in [7, 11) is 0. The monoisotopic (exact) mass is 351 g/mol. The Hall–Kier alpha value is -1.55. The molecule has 0 aliphatic carbocycles. The Morgan fingerprint density at radius 3 is 1.96 bits per heavy atom. The first kappa shape index (κ1) is 17.8. The zero-order valence-corrected chi connectivity index (χ0v) is 14.7. The summed E-state index contributed by atoms with van der Waals surface area (Å²) in [5, 5.41) is 6.41. The van der Waals surface area contributed by atoms with Crippen molar-refractivity contribution in [2.24, 2.45) is 0 Å². The minimum absolute atomic E-state index is 0.00765. The molecule has 0 bridgehead atoms. The summed E-state index contributed by atoms with van der Waals surface area (Å²) in [5.41, 5.74) is 2.18. The average molecular weight is 352 g/mol. The quantitative estimate of drug-likeness (QED) is 0.821. The van der Waals surface area contributed by atoms with Crippen molar-refractivity contribution < 1.29 is 10.1 Å². The maximum atomic E-state index is 12.1. The number of nitrogens with one attached hydrogen (secondary N) is 1. The summed E-state index contributed by atoms with van der Waals surface area (Å²) in [6, 6.07) is 15.4. The molecule has 0 unspecified atom stereocenters. The number of amides is 1. The van der Waals surface area contributed by atoms with Gasteiger partial charge < -0.3 is 10.6 Å². The first-order chi connectivity index (χ1) is 11.0. The lowest BCUT2D eigenvalue weighted by Gasteiger charge is -2.15. The minimum Gasteiger partial charge on any atom is -0.345 e. The molecule has 3 N–H and O–H groups in total. The second-order valence-electron chi connectivity index (χ2n) is 5.62. The van der Waals surface area contributed by atoms with Gasteiger partial charge in [-0.1, -0.05) is 47.5 Å². The third kappa shape index (κ3) is 5.54. The Morgan fingerprint density at radius 2 is 1.43 bits per heavy atom. The number of carbonyl (C=O) groups excluding carboxylic acids is 1. The molecule has 5 heteroatoms. The van der Waals surface area contributed by atoms with E-state index in [4.69, 9.17) is 23.2 Å². The molecule has 0 saturated heterocycles. The number of hydrogen-bond acceptors (Lipinski definition) is 1. The first-order valence-corrected chi connectivity index (χ1v) is 8.35. The van der Waals surface area contributed by atoms with Crippen LogP contribution in [0, 0.1) is 0 Å². The maximum absolute atomic E-state index is 12.1. The Bertz CT molecular complexity index is 641. The Balaban J connectivity index is 1.82. The fourth-order valence-electron chi connectivity index (χ4n) is 2.32. The fraction of sp³-hybridized carbons (Fsp3) is 0.278. The standard InChI is InChI=1S/C18H20Cl2N2O/c1-12(14-3-7-16(19)8-4-14)21-11-18(23)22-13(2)15-5-9-17(20)10-6-15/h3-10,12-13,21H,11H2,1-2H3,(H,22,23)/p+1/t12-,13-/m1/s1. The van der Waals surface area contributed by atoms with E-state index in [1.165, 1.54) is 0 Å². The van der Waals surface area contributed by atoms with Crippen molar-refractivity contribution in [3.05, 3.63) is 69.7 Å². The molecule has 0 aromatic heterocycles. The third-order valence-electron chi connectivity index (χ3n) is 3.80. The van der Waals surface area contributed by atoms with E-state index in [9.17, 15) is 4.79 Å². The minimum atomic E-state index is -0.0426. The highest BCUT2D eigenvalue weighted by Gasteiger charge is 2.14. The predicted octanol–water partition coefficient (Wildman–Crippen LogP) is 3.50. The van der Waals surface area contributed by atoms with Crippen LogP contribution in [0.15, 0.2) is 48.5 Å². The smallest absolute Gasteiger partial charge is 0.275 e. The highest BCUT2D eigenvalue weighted by molar-refractivity contribution is 6.30. The summed E-state index contributed by atoms with van der Waals surface area (Å²) in [6.07, 6.45) is 0. The molecule has 0 aliphatic heterocycles. The molecule has 0 aliphatic rings. The SMILES string of the molecule is C[C@@H](NC(=O)C[NH2+][C@H](C)c1ccc(Cl)cc1)c1ccc(Cl)cc1. The van der Waals surface area contributed by atoms with Crippen LogP contribution in [0.2, 0.25) is 10.0 Å². The number of nitrogens with two attached hydrogens (primary N) is 1. The number of hydrogen-bond donors (Lipinski definition) is 2. The normalized spacial score (nSPS) is 13.4. The van der Waals surface area contributed by atoms with E-state index in [1.54, 1.807) is 0 Å². The van der Waals surface area contributed by atoms with Crippen molar-refractivity contribution in [3.8, 4) is 0 Å². The van der Waals surface area contributed by atoms with Gasteiger partial charge in [0.15, 0.2) is 6.54 Å². The van der Waals surface area contributed by atoms with Crippen LogP contribution in [0.4, 0.5) is 0 Å². The van der Waals surface area contributed by atoms with Crippen LogP contribution in [-0.2, 0) is 4.79 Å². The maximum Gasteiger partial charge on any atom is 0.275 e. The van der Waals surface area contributed by atoms with Crippen LogP contribution in [0.1, 0.15) is 37.1 Å². The van der Waals surface area contributed by atoms with Gasteiger partial charge in [0.05, 0.1) is 6.04 Å². The summed E-state index contributed by atoms with van der Waals surface area (Å²) in [5.74, 6) is 0.00765. The van der Waals surface area contributed by atoms with Gasteiger partial charge in [-0.2, -0.15) is 0 Å². The van der Waals surface area contributed by atoms with E-state index in [-0.39, 0.29) is 18.0 Å². The van der Waals surface area contributed by atoms with Crippen molar-refractivity contribution in [2.45, 2.75) is 25.9 Å². The van der Waals surface area contributed by atoms with Gasteiger partial charge in [0.25, 0.3) is 5.91 Å². The number of quaternary nitrogens is 1. The van der Waals surface area contributed by atoms with Crippen LogP contribution in [0.25, 0.3) is 0 Å². The van der Waals surface area contributed by atoms with Crippen LogP contribution in [-0.4, -0.2) is 12.5 Å². The third-order valence-corrected chi connectivity index (χ3v) is 4.30. The molecule has 122 valence electrons. The van der Waals surface area contributed by atoms with Gasteiger partial charge in [0.2, 0.25) is 0 Å². The molecule has 0 saturated carbocycles. The highest BCUT2D eigenvalue weighted by atomic mass is 35.5. The summed E-state index contributed by atoms with van der Waals surface area (Å²) in [6.45, 7) is 4.41. The van der Waals surface area contributed by atoms with Crippen LogP contribution in [0.5, 0.6) is 0 Å². The topological polar surface area (TPSA) is 45.7 Å². The summed E-state index contributed by atoms with van der Waals surface area (Å²) in [4.78, 5) is 12.1. The molecule has 3 nitrogen and oxygen atoms in total. The zero-order chi connectivity index (χ0) is 16.8. The van der Waals surface area contributed by atoms with Gasteiger partial charge in [-0.25, -0.2) is 0 Å². The van der Waals surface area contributed by atoms with E-state index < -0.39 is 0 Å². The van der Waals surface area contributed by atoms with E-state index in [0.29, 0.717) is 11.6 Å². The average Bonchev–Trinajstić information content (AvgIpc) is 2.54. The largest absolute Gasteiger partial charge is 0.345 e. The lowest BCUT2D eigenvalue weighted by molar-refractivity contribution is -0.682. The Labute approximate surface area is 147 Å². The molecule has 2 rings (SSSR count). The van der Waals surface area contributed by atoms with E-state index in [2.05, 4.69) is 12.2 Å². The number of rotatable bonds is 6. The summed E-state index contributed by atoms with van der Waals surface area (Å²) < 4.78 is 0. The molecule has 1 amide bonds. The zero-order valence-electron chi connectivity index (χ0n) is 13.2. The van der Waals surface area contributed by atoms with E-state index in [0.717, 1.165) is 16.1 Å². The molecule has 2 aromatic carbocycles. The van der Waals surface area contributed by atoms with Crippen molar-refractivity contribution in [2.75, 3.05) is 6.54 Å².